The number of hydrogen-bond donors (Lipinski definition) is 0. The molecule has 0 heterocycles. The lowest BCUT2D eigenvalue weighted by Gasteiger charge is -2.44. The van der Waals surface area contributed by atoms with Gasteiger partial charge >= 0.3 is 0 Å². The third kappa shape index (κ3) is 3.24. The lowest BCUT2D eigenvalue weighted by molar-refractivity contribution is -0.132. The zero-order valence-corrected chi connectivity index (χ0v) is 13.4. The molecule has 2 rings (SSSR count). The predicted molar refractivity (Wildman–Crippen MR) is 84.2 cm³/mol. The molecule has 0 spiro atoms. The van der Waals surface area contributed by atoms with Crippen molar-refractivity contribution in [2.75, 3.05) is 14.1 Å². The second kappa shape index (κ2) is 6.28. The van der Waals surface area contributed by atoms with E-state index in [4.69, 9.17) is 11.6 Å². The second-order valence-corrected chi connectivity index (χ2v) is 6.79. The largest absolute Gasteiger partial charge is 0.297 e. The molecule has 1 fully saturated rings. The minimum atomic E-state index is -0.280. The molecular weight excluding hydrogens is 270 g/mol. The Morgan fingerprint density at radius 2 is 2.00 bits per heavy atom. The van der Waals surface area contributed by atoms with Crippen LogP contribution in [0, 0.1) is 5.92 Å². The van der Waals surface area contributed by atoms with Gasteiger partial charge in [-0.1, -0.05) is 43.5 Å². The van der Waals surface area contributed by atoms with Crippen molar-refractivity contribution < 1.29 is 4.79 Å². The minimum Gasteiger partial charge on any atom is -0.297 e. The molecule has 0 saturated heterocycles. The molecule has 0 aliphatic heterocycles. The zero-order valence-electron chi connectivity index (χ0n) is 12.7. The summed E-state index contributed by atoms with van der Waals surface area (Å²) in [7, 11) is 4.08. The number of benzene rings is 1. The molecule has 0 amide bonds. The lowest BCUT2D eigenvalue weighted by Crippen LogP contribution is -2.54. The van der Waals surface area contributed by atoms with Crippen LogP contribution in [0.2, 0.25) is 5.02 Å². The Balaban J connectivity index is 2.17. The summed E-state index contributed by atoms with van der Waals surface area (Å²) in [5, 5.41) is 0.717. The SMILES string of the molecule is CC1CCCC(C(=O)Cc2ccc(Cl)cc2)(N(C)C)C1. The Kier molecular flexibility index (Phi) is 4.87. The number of Topliss-reactive ketones (excluding diaryl/α,β-unsaturated/α-hetero) is 1. The van der Waals surface area contributed by atoms with E-state index in [1.165, 1.54) is 6.42 Å². The molecular formula is C17H24ClNO. The average Bonchev–Trinajstić information content (AvgIpc) is 2.41. The molecule has 2 atom stereocenters. The van der Waals surface area contributed by atoms with Crippen LogP contribution in [0.3, 0.4) is 0 Å². The number of carbonyl (C=O) groups is 1. The Labute approximate surface area is 127 Å². The highest BCUT2D eigenvalue weighted by molar-refractivity contribution is 6.30. The molecule has 0 bridgehead atoms. The first-order valence-electron chi connectivity index (χ1n) is 7.39. The molecule has 0 aromatic heterocycles. The van der Waals surface area contributed by atoms with Crippen molar-refractivity contribution in [3.05, 3.63) is 34.9 Å². The predicted octanol–water partition coefficient (Wildman–Crippen LogP) is 3.96. The van der Waals surface area contributed by atoms with Gasteiger partial charge in [-0.15, -0.1) is 0 Å². The van der Waals surface area contributed by atoms with E-state index in [2.05, 4.69) is 11.8 Å². The quantitative estimate of drug-likeness (QED) is 0.837. The first-order chi connectivity index (χ1) is 9.44. The third-order valence-electron chi connectivity index (χ3n) is 4.63. The van der Waals surface area contributed by atoms with E-state index in [0.717, 1.165) is 29.8 Å². The fourth-order valence-electron chi connectivity index (χ4n) is 3.38. The van der Waals surface area contributed by atoms with Gasteiger partial charge in [0.1, 0.15) is 0 Å². The first kappa shape index (κ1) is 15.5. The van der Waals surface area contributed by atoms with Gasteiger partial charge in [-0.3, -0.25) is 9.69 Å². The molecule has 110 valence electrons. The van der Waals surface area contributed by atoms with Crippen molar-refractivity contribution in [3.63, 3.8) is 0 Å². The van der Waals surface area contributed by atoms with Gasteiger partial charge in [0, 0.05) is 11.4 Å². The van der Waals surface area contributed by atoms with E-state index in [9.17, 15) is 4.79 Å². The Hall–Kier alpha value is -0.860. The summed E-state index contributed by atoms with van der Waals surface area (Å²) in [6, 6.07) is 7.62. The number of nitrogens with zero attached hydrogens (tertiary/aromatic N) is 1. The number of ketones is 1. The molecule has 3 heteroatoms. The minimum absolute atomic E-state index is 0.280. The van der Waals surface area contributed by atoms with Crippen molar-refractivity contribution in [1.82, 2.24) is 4.90 Å². The smallest absolute Gasteiger partial charge is 0.157 e. The molecule has 1 saturated carbocycles. The number of halogens is 1. The number of carbonyl (C=O) groups excluding carboxylic acids is 1. The molecule has 1 aromatic rings. The first-order valence-corrected chi connectivity index (χ1v) is 7.77. The van der Waals surface area contributed by atoms with E-state index in [0.29, 0.717) is 18.1 Å². The summed E-state index contributed by atoms with van der Waals surface area (Å²) in [4.78, 5) is 15.0. The van der Waals surface area contributed by atoms with Crippen molar-refractivity contribution in [2.45, 2.75) is 44.6 Å². The van der Waals surface area contributed by atoms with Gasteiger partial charge < -0.3 is 0 Å². The molecule has 0 radical (unpaired) electrons. The normalized spacial score (nSPS) is 26.8. The van der Waals surface area contributed by atoms with Gasteiger partial charge in [0.05, 0.1) is 5.54 Å². The zero-order chi connectivity index (χ0) is 14.8. The van der Waals surface area contributed by atoms with E-state index >= 15 is 0 Å². The number of rotatable bonds is 4. The summed E-state index contributed by atoms with van der Waals surface area (Å²) in [6.07, 6.45) is 4.85. The fraction of sp³-hybridized carbons (Fsp3) is 0.588. The maximum Gasteiger partial charge on any atom is 0.157 e. The molecule has 0 N–H and O–H groups in total. The molecule has 1 aliphatic carbocycles. The summed E-state index contributed by atoms with van der Waals surface area (Å²) in [5.74, 6) is 0.969. The van der Waals surface area contributed by atoms with E-state index in [1.807, 2.05) is 38.4 Å². The van der Waals surface area contributed by atoms with Gasteiger partial charge in [-0.2, -0.15) is 0 Å². The topological polar surface area (TPSA) is 20.3 Å². The van der Waals surface area contributed by atoms with Gasteiger partial charge in [0.15, 0.2) is 5.78 Å². The third-order valence-corrected chi connectivity index (χ3v) is 4.88. The Morgan fingerprint density at radius 3 is 2.55 bits per heavy atom. The summed E-state index contributed by atoms with van der Waals surface area (Å²) >= 11 is 5.90. The van der Waals surface area contributed by atoms with Crippen LogP contribution in [0.15, 0.2) is 24.3 Å². The van der Waals surface area contributed by atoms with Crippen LogP contribution in [-0.2, 0) is 11.2 Å². The lowest BCUT2D eigenvalue weighted by atomic mass is 9.72. The van der Waals surface area contributed by atoms with Gasteiger partial charge in [-0.05, 0) is 50.6 Å². The van der Waals surface area contributed by atoms with Crippen LogP contribution in [0.4, 0.5) is 0 Å². The molecule has 1 aromatic carbocycles. The monoisotopic (exact) mass is 293 g/mol. The van der Waals surface area contributed by atoms with Gasteiger partial charge in [0.25, 0.3) is 0 Å². The molecule has 20 heavy (non-hydrogen) atoms. The second-order valence-electron chi connectivity index (χ2n) is 6.35. The van der Waals surface area contributed by atoms with Crippen LogP contribution in [0.25, 0.3) is 0 Å². The van der Waals surface area contributed by atoms with Crippen molar-refractivity contribution >= 4 is 17.4 Å². The van der Waals surface area contributed by atoms with Crippen LogP contribution < -0.4 is 0 Å². The standard InChI is InChI=1S/C17H24ClNO/c1-13-5-4-10-17(12-13,19(2)3)16(20)11-14-6-8-15(18)9-7-14/h6-9,13H,4-5,10-12H2,1-3H3. The summed E-state index contributed by atoms with van der Waals surface area (Å²) in [5.41, 5.74) is 0.774. The number of likely N-dealkylation sites (N-methyl/N-ethyl adjacent to an activating group) is 1. The van der Waals surface area contributed by atoms with Gasteiger partial charge in [-0.25, -0.2) is 0 Å². The summed E-state index contributed by atoms with van der Waals surface area (Å²) < 4.78 is 0. The van der Waals surface area contributed by atoms with Crippen molar-refractivity contribution in [2.24, 2.45) is 5.92 Å². The maximum absolute atomic E-state index is 12.9. The van der Waals surface area contributed by atoms with Crippen LogP contribution >= 0.6 is 11.6 Å². The van der Waals surface area contributed by atoms with Crippen LogP contribution in [-0.4, -0.2) is 30.3 Å². The van der Waals surface area contributed by atoms with Crippen molar-refractivity contribution in [3.8, 4) is 0 Å². The van der Waals surface area contributed by atoms with Gasteiger partial charge in [0.2, 0.25) is 0 Å². The van der Waals surface area contributed by atoms with E-state index in [1.54, 1.807) is 0 Å². The highest BCUT2D eigenvalue weighted by Gasteiger charge is 2.42. The van der Waals surface area contributed by atoms with Crippen LogP contribution in [0.5, 0.6) is 0 Å². The van der Waals surface area contributed by atoms with Crippen molar-refractivity contribution in [1.29, 1.82) is 0 Å². The molecule has 2 nitrogen and oxygen atoms in total. The fourth-order valence-corrected chi connectivity index (χ4v) is 3.51. The number of hydrogen-bond acceptors (Lipinski definition) is 2. The Morgan fingerprint density at radius 1 is 1.35 bits per heavy atom. The van der Waals surface area contributed by atoms with E-state index < -0.39 is 0 Å². The average molecular weight is 294 g/mol. The molecule has 2 unspecified atom stereocenters. The molecule has 1 aliphatic rings. The summed E-state index contributed by atoms with van der Waals surface area (Å²) in [6.45, 7) is 2.26. The van der Waals surface area contributed by atoms with E-state index in [-0.39, 0.29) is 5.54 Å². The highest BCUT2D eigenvalue weighted by Crippen LogP contribution is 2.37. The van der Waals surface area contributed by atoms with Crippen LogP contribution in [0.1, 0.15) is 38.2 Å². The highest BCUT2D eigenvalue weighted by atomic mass is 35.5. The Bertz CT molecular complexity index is 468. The maximum atomic E-state index is 12.9.